The Labute approximate surface area is 171 Å². The highest BCUT2D eigenvalue weighted by Gasteiger charge is 2.47. The molecule has 0 saturated carbocycles. The van der Waals surface area contributed by atoms with Gasteiger partial charge in [-0.05, 0) is 18.1 Å². The third kappa shape index (κ3) is 6.33. The maximum Gasteiger partial charge on any atom is 0.264 e. The average Bonchev–Trinajstić information content (AvgIpc) is 2.69. The van der Waals surface area contributed by atoms with Crippen molar-refractivity contribution in [2.24, 2.45) is 0 Å². The van der Waals surface area contributed by atoms with Gasteiger partial charge >= 0.3 is 0 Å². The van der Waals surface area contributed by atoms with Crippen molar-refractivity contribution in [2.45, 2.75) is 50.8 Å². The number of ether oxygens (including phenoxy) is 3. The van der Waals surface area contributed by atoms with Crippen molar-refractivity contribution in [1.29, 1.82) is 0 Å². The van der Waals surface area contributed by atoms with Gasteiger partial charge in [0.2, 0.25) is 0 Å². The van der Waals surface area contributed by atoms with Crippen LogP contribution in [0.1, 0.15) is 18.1 Å². The number of hydrogen-bond donors (Lipinski definition) is 1. The molecule has 158 valence electrons. The zero-order valence-electron chi connectivity index (χ0n) is 16.4. The van der Waals surface area contributed by atoms with Crippen LogP contribution >= 0.6 is 0 Å². The van der Waals surface area contributed by atoms with Crippen molar-refractivity contribution in [3.63, 3.8) is 0 Å². The molecule has 8 heteroatoms. The fraction of sp³-hybridized carbons (Fsp3) is 0.429. The molecule has 1 fully saturated rings. The second-order valence-corrected chi connectivity index (χ2v) is 8.62. The number of hydrogen-bond acceptors (Lipinski definition) is 7. The van der Waals surface area contributed by atoms with E-state index in [0.29, 0.717) is 0 Å². The van der Waals surface area contributed by atoms with Gasteiger partial charge in [-0.2, -0.15) is 8.42 Å². The highest BCUT2D eigenvalue weighted by Crippen LogP contribution is 2.29. The van der Waals surface area contributed by atoms with Crippen LogP contribution in [0.5, 0.6) is 0 Å². The quantitative estimate of drug-likeness (QED) is 0.653. The second-order valence-electron chi connectivity index (χ2n) is 7.02. The van der Waals surface area contributed by atoms with Crippen LogP contribution in [0.2, 0.25) is 0 Å². The van der Waals surface area contributed by atoms with Crippen molar-refractivity contribution in [2.75, 3.05) is 6.26 Å². The lowest BCUT2D eigenvalue weighted by atomic mass is 9.99. The van der Waals surface area contributed by atoms with Gasteiger partial charge in [-0.3, -0.25) is 4.18 Å². The first-order valence-electron chi connectivity index (χ1n) is 9.36. The molecule has 0 amide bonds. The van der Waals surface area contributed by atoms with Crippen LogP contribution in [-0.2, 0) is 41.7 Å². The summed E-state index contributed by atoms with van der Waals surface area (Å²) in [6.45, 7) is 2.24. The largest absolute Gasteiger partial charge is 0.368 e. The average molecular weight is 422 g/mol. The third-order valence-corrected chi connectivity index (χ3v) is 5.17. The highest BCUT2D eigenvalue weighted by molar-refractivity contribution is 7.86. The van der Waals surface area contributed by atoms with Gasteiger partial charge in [0.1, 0.15) is 12.2 Å². The van der Waals surface area contributed by atoms with Gasteiger partial charge in [-0.1, -0.05) is 60.7 Å². The molecule has 0 aromatic heterocycles. The van der Waals surface area contributed by atoms with Gasteiger partial charge < -0.3 is 19.3 Å². The standard InChI is InChI=1S/C21H26O7S/c1-15-18(25-13-16-9-5-3-6-10-16)19(26-14-17-11-7-4-8-12-17)20(21(22)27-15)28-29(2,23)24/h3-12,15,18-22H,13-14H2,1-2H3/t15-,18-,19+,20+,21+/m0/s1. The van der Waals surface area contributed by atoms with E-state index < -0.39 is 40.8 Å². The van der Waals surface area contributed by atoms with Gasteiger partial charge in [0, 0.05) is 0 Å². The molecule has 1 aliphatic heterocycles. The van der Waals surface area contributed by atoms with E-state index in [1.807, 2.05) is 60.7 Å². The molecule has 2 aromatic rings. The first kappa shape index (κ1) is 21.9. The van der Waals surface area contributed by atoms with Gasteiger partial charge in [0.15, 0.2) is 12.4 Å². The molecule has 0 bridgehead atoms. The number of aliphatic hydroxyl groups is 1. The molecule has 1 N–H and O–H groups in total. The van der Waals surface area contributed by atoms with Gasteiger partial charge in [-0.15, -0.1) is 0 Å². The Morgan fingerprint density at radius 3 is 1.83 bits per heavy atom. The lowest BCUT2D eigenvalue weighted by molar-refractivity contribution is -0.290. The molecule has 0 radical (unpaired) electrons. The molecule has 1 aliphatic rings. The molecule has 3 rings (SSSR count). The first-order valence-corrected chi connectivity index (χ1v) is 11.2. The molecule has 2 aromatic carbocycles. The van der Waals surface area contributed by atoms with E-state index in [1.54, 1.807) is 6.92 Å². The second kappa shape index (κ2) is 9.80. The zero-order chi connectivity index (χ0) is 20.9. The fourth-order valence-corrected chi connectivity index (χ4v) is 3.86. The minimum atomic E-state index is -3.86. The molecular formula is C21H26O7S. The molecule has 1 saturated heterocycles. The zero-order valence-corrected chi connectivity index (χ0v) is 17.2. The molecule has 29 heavy (non-hydrogen) atoms. The van der Waals surface area contributed by atoms with Crippen LogP contribution in [0.25, 0.3) is 0 Å². The summed E-state index contributed by atoms with van der Waals surface area (Å²) in [5.41, 5.74) is 1.86. The summed E-state index contributed by atoms with van der Waals surface area (Å²) in [6, 6.07) is 19.0. The minimum Gasteiger partial charge on any atom is -0.368 e. The fourth-order valence-electron chi connectivity index (χ4n) is 3.25. The molecule has 0 spiro atoms. The van der Waals surface area contributed by atoms with E-state index >= 15 is 0 Å². The van der Waals surface area contributed by atoms with Crippen LogP contribution in [0.4, 0.5) is 0 Å². The van der Waals surface area contributed by atoms with E-state index in [9.17, 15) is 13.5 Å². The smallest absolute Gasteiger partial charge is 0.264 e. The minimum absolute atomic E-state index is 0.208. The third-order valence-electron chi connectivity index (χ3n) is 4.60. The summed E-state index contributed by atoms with van der Waals surface area (Å²) in [5, 5.41) is 10.3. The van der Waals surface area contributed by atoms with Crippen LogP contribution in [-0.4, -0.2) is 50.5 Å². The SMILES string of the molecule is C[C@@H]1O[C@@H](O)[C@H](OS(C)(=O)=O)[C@H](OCc2ccccc2)[C@H]1OCc1ccccc1. The van der Waals surface area contributed by atoms with E-state index in [4.69, 9.17) is 18.4 Å². The molecule has 0 aliphatic carbocycles. The molecule has 5 atom stereocenters. The maximum absolute atomic E-state index is 11.7. The predicted molar refractivity (Wildman–Crippen MR) is 106 cm³/mol. The summed E-state index contributed by atoms with van der Waals surface area (Å²) in [4.78, 5) is 0. The lowest BCUT2D eigenvalue weighted by Gasteiger charge is -2.42. The van der Waals surface area contributed by atoms with Crippen molar-refractivity contribution in [3.8, 4) is 0 Å². The molecule has 0 unspecified atom stereocenters. The topological polar surface area (TPSA) is 91.3 Å². The summed E-state index contributed by atoms with van der Waals surface area (Å²) in [5.74, 6) is 0. The van der Waals surface area contributed by atoms with Crippen LogP contribution in [0.15, 0.2) is 60.7 Å². The Balaban J connectivity index is 1.80. The predicted octanol–water partition coefficient (Wildman–Crippen LogP) is 2.24. The van der Waals surface area contributed by atoms with Crippen molar-refractivity contribution >= 4 is 10.1 Å². The summed E-state index contributed by atoms with van der Waals surface area (Å²) < 4.78 is 46.2. The van der Waals surface area contributed by atoms with Gasteiger partial charge in [-0.25, -0.2) is 0 Å². The summed E-state index contributed by atoms with van der Waals surface area (Å²) >= 11 is 0. The van der Waals surface area contributed by atoms with Crippen LogP contribution < -0.4 is 0 Å². The lowest BCUT2D eigenvalue weighted by Crippen LogP contribution is -2.59. The molecule has 1 heterocycles. The van der Waals surface area contributed by atoms with E-state index in [0.717, 1.165) is 17.4 Å². The first-order chi connectivity index (χ1) is 13.8. The van der Waals surface area contributed by atoms with E-state index in [-0.39, 0.29) is 13.2 Å². The monoisotopic (exact) mass is 422 g/mol. The van der Waals surface area contributed by atoms with Crippen molar-refractivity contribution < 1.29 is 31.9 Å². The van der Waals surface area contributed by atoms with Gasteiger partial charge in [0.25, 0.3) is 10.1 Å². The van der Waals surface area contributed by atoms with Gasteiger partial charge in [0.05, 0.1) is 25.6 Å². The Hall–Kier alpha value is -1.81. The Morgan fingerprint density at radius 1 is 0.862 bits per heavy atom. The Morgan fingerprint density at radius 2 is 1.34 bits per heavy atom. The Bertz CT molecular complexity index is 857. The molecular weight excluding hydrogens is 396 g/mol. The summed E-state index contributed by atoms with van der Waals surface area (Å²) in [6.07, 6.45) is -3.82. The van der Waals surface area contributed by atoms with Crippen LogP contribution in [0.3, 0.4) is 0 Å². The number of aliphatic hydroxyl groups excluding tert-OH is 1. The normalized spacial score (nSPS) is 27.6. The van der Waals surface area contributed by atoms with Crippen molar-refractivity contribution in [3.05, 3.63) is 71.8 Å². The van der Waals surface area contributed by atoms with Crippen molar-refractivity contribution in [1.82, 2.24) is 0 Å². The van der Waals surface area contributed by atoms with E-state index in [2.05, 4.69) is 0 Å². The van der Waals surface area contributed by atoms with Crippen LogP contribution in [0, 0.1) is 0 Å². The highest BCUT2D eigenvalue weighted by atomic mass is 32.2. The molecule has 7 nitrogen and oxygen atoms in total. The number of rotatable bonds is 8. The maximum atomic E-state index is 11.7. The summed E-state index contributed by atoms with van der Waals surface area (Å²) in [7, 11) is -3.86. The van der Waals surface area contributed by atoms with E-state index in [1.165, 1.54) is 0 Å². The number of benzene rings is 2. The Kier molecular flexibility index (Phi) is 7.39.